The molecular formula is C5H8Cl2. The predicted octanol–water partition coefficient (Wildman–Crippen LogP) is 2.76. The van der Waals surface area contributed by atoms with Gasteiger partial charge < -0.3 is 0 Å². The number of rotatable bonds is 1. The van der Waals surface area contributed by atoms with Gasteiger partial charge in [-0.3, -0.25) is 0 Å². The second-order valence-corrected chi connectivity index (χ2v) is 2.28. The first-order valence-electron chi connectivity index (χ1n) is 2.06. The molecular weight excluding hydrogens is 131 g/mol. The number of hydrogen-bond donors (Lipinski definition) is 0. The Kier molecular flexibility index (Phi) is 3.49. The molecule has 0 nitrogen and oxygen atoms in total. The molecule has 0 atom stereocenters. The van der Waals surface area contributed by atoms with Crippen LogP contribution < -0.4 is 0 Å². The lowest BCUT2D eigenvalue weighted by Gasteiger charge is -1.90. The van der Waals surface area contributed by atoms with Crippen molar-refractivity contribution >= 4 is 23.2 Å². The smallest absolute Gasteiger partial charge is 0.0444 e. The van der Waals surface area contributed by atoms with Crippen LogP contribution in [0, 0.1) is 0 Å². The highest BCUT2D eigenvalue weighted by molar-refractivity contribution is 6.30. The Balaban J connectivity index is 3.72. The molecule has 0 N–H and O–H groups in total. The third kappa shape index (κ3) is 2.95. The fourth-order valence-electron chi connectivity index (χ4n) is 0.0921. The molecule has 0 spiro atoms. The molecule has 0 amide bonds. The van der Waals surface area contributed by atoms with E-state index in [4.69, 9.17) is 23.2 Å². The van der Waals surface area contributed by atoms with E-state index in [1.165, 1.54) is 0 Å². The van der Waals surface area contributed by atoms with E-state index in [1.54, 1.807) is 0 Å². The van der Waals surface area contributed by atoms with E-state index >= 15 is 0 Å². The zero-order valence-corrected chi connectivity index (χ0v) is 5.97. The van der Waals surface area contributed by atoms with Crippen molar-refractivity contribution < 1.29 is 0 Å². The van der Waals surface area contributed by atoms with E-state index < -0.39 is 0 Å². The monoisotopic (exact) mass is 138 g/mol. The minimum Gasteiger partial charge on any atom is -0.122 e. The van der Waals surface area contributed by atoms with Crippen LogP contribution >= 0.6 is 23.2 Å². The molecule has 0 radical (unpaired) electrons. The highest BCUT2D eigenvalue weighted by Crippen LogP contribution is 2.07. The van der Waals surface area contributed by atoms with Gasteiger partial charge in [0.05, 0.1) is 0 Å². The topological polar surface area (TPSA) is 0 Å². The number of halogens is 2. The molecule has 0 fully saturated rings. The maximum Gasteiger partial charge on any atom is 0.0444 e. The summed E-state index contributed by atoms with van der Waals surface area (Å²) in [5.74, 6) is 0.537. The quantitative estimate of drug-likeness (QED) is 0.490. The molecule has 2 heteroatoms. The zero-order chi connectivity index (χ0) is 5.86. The summed E-state index contributed by atoms with van der Waals surface area (Å²) in [4.78, 5) is 0. The lowest BCUT2D eigenvalue weighted by atomic mass is 10.3. The molecule has 0 aliphatic heterocycles. The van der Waals surface area contributed by atoms with Gasteiger partial charge in [0.2, 0.25) is 0 Å². The Labute approximate surface area is 54.1 Å². The molecule has 0 bridgehead atoms. The first-order chi connectivity index (χ1) is 3.18. The molecule has 0 aliphatic rings. The van der Waals surface area contributed by atoms with E-state index in [-0.39, 0.29) is 0 Å². The predicted molar refractivity (Wildman–Crippen MR) is 34.9 cm³/mol. The van der Waals surface area contributed by atoms with Gasteiger partial charge in [0.15, 0.2) is 0 Å². The van der Waals surface area contributed by atoms with Crippen molar-refractivity contribution in [3.05, 3.63) is 10.6 Å². The molecule has 0 aliphatic carbocycles. The lowest BCUT2D eigenvalue weighted by molar-refractivity contribution is 1.35. The van der Waals surface area contributed by atoms with Crippen LogP contribution in [0.4, 0.5) is 0 Å². The summed E-state index contributed by atoms with van der Waals surface area (Å²) >= 11 is 10.9. The summed E-state index contributed by atoms with van der Waals surface area (Å²) < 4.78 is 0. The molecule has 0 rings (SSSR count). The highest BCUT2D eigenvalue weighted by atomic mass is 35.5. The van der Waals surface area contributed by atoms with E-state index in [1.807, 2.05) is 13.8 Å². The standard InChI is InChI=1S/C5H8Cl2/c1-4(3-6)5(2)7/h3H2,1-2H3. The van der Waals surface area contributed by atoms with Crippen molar-refractivity contribution in [2.75, 3.05) is 5.88 Å². The van der Waals surface area contributed by atoms with Crippen LogP contribution in [-0.4, -0.2) is 5.88 Å². The van der Waals surface area contributed by atoms with Crippen LogP contribution in [0.5, 0.6) is 0 Å². The van der Waals surface area contributed by atoms with Gasteiger partial charge in [0, 0.05) is 10.9 Å². The van der Waals surface area contributed by atoms with E-state index in [0.29, 0.717) is 5.88 Å². The number of hydrogen-bond acceptors (Lipinski definition) is 0. The second kappa shape index (κ2) is 3.34. The maximum atomic E-state index is 5.52. The first-order valence-corrected chi connectivity index (χ1v) is 2.97. The van der Waals surface area contributed by atoms with Gasteiger partial charge in [0.1, 0.15) is 0 Å². The van der Waals surface area contributed by atoms with Crippen LogP contribution in [0.3, 0.4) is 0 Å². The maximum absolute atomic E-state index is 5.52. The van der Waals surface area contributed by atoms with Crippen molar-refractivity contribution in [3.8, 4) is 0 Å². The first kappa shape index (κ1) is 7.32. The van der Waals surface area contributed by atoms with Crippen molar-refractivity contribution in [1.29, 1.82) is 0 Å². The van der Waals surface area contributed by atoms with Crippen molar-refractivity contribution in [1.82, 2.24) is 0 Å². The van der Waals surface area contributed by atoms with Crippen molar-refractivity contribution in [2.45, 2.75) is 13.8 Å². The summed E-state index contributed by atoms with van der Waals surface area (Å²) in [5.41, 5.74) is 1.04. The Morgan fingerprint density at radius 2 is 1.86 bits per heavy atom. The van der Waals surface area contributed by atoms with Gasteiger partial charge >= 0.3 is 0 Å². The van der Waals surface area contributed by atoms with Gasteiger partial charge in [0.25, 0.3) is 0 Å². The molecule has 0 unspecified atom stereocenters. The summed E-state index contributed by atoms with van der Waals surface area (Å²) in [6, 6.07) is 0. The summed E-state index contributed by atoms with van der Waals surface area (Å²) in [6.07, 6.45) is 0. The van der Waals surface area contributed by atoms with Gasteiger partial charge in [-0.05, 0) is 19.4 Å². The third-order valence-electron chi connectivity index (χ3n) is 0.789. The molecule has 42 valence electrons. The van der Waals surface area contributed by atoms with Crippen LogP contribution in [0.1, 0.15) is 13.8 Å². The van der Waals surface area contributed by atoms with Gasteiger partial charge in [-0.15, -0.1) is 11.6 Å². The van der Waals surface area contributed by atoms with Gasteiger partial charge in [-0.25, -0.2) is 0 Å². The van der Waals surface area contributed by atoms with Crippen LogP contribution in [0.15, 0.2) is 10.6 Å². The molecule has 0 saturated heterocycles. The van der Waals surface area contributed by atoms with Crippen LogP contribution in [-0.2, 0) is 0 Å². The largest absolute Gasteiger partial charge is 0.122 e. The minimum atomic E-state index is 0.537. The Morgan fingerprint density at radius 3 is 1.86 bits per heavy atom. The van der Waals surface area contributed by atoms with Crippen molar-refractivity contribution in [3.63, 3.8) is 0 Å². The zero-order valence-electron chi connectivity index (χ0n) is 4.46. The van der Waals surface area contributed by atoms with E-state index in [2.05, 4.69) is 0 Å². The summed E-state index contributed by atoms with van der Waals surface area (Å²) in [5, 5.41) is 0.801. The number of allylic oxidation sites excluding steroid dienone is 2. The minimum absolute atomic E-state index is 0.537. The van der Waals surface area contributed by atoms with Gasteiger partial charge in [-0.1, -0.05) is 11.6 Å². The highest BCUT2D eigenvalue weighted by Gasteiger charge is 1.87. The SMILES string of the molecule is CC(Cl)=C(C)CCl. The molecule has 0 heterocycles. The van der Waals surface area contributed by atoms with Gasteiger partial charge in [-0.2, -0.15) is 0 Å². The molecule has 0 aromatic heterocycles. The molecule has 0 saturated carbocycles. The average Bonchev–Trinajstić information content (AvgIpc) is 1.65. The summed E-state index contributed by atoms with van der Waals surface area (Å²) in [7, 11) is 0. The van der Waals surface area contributed by atoms with Crippen LogP contribution in [0.25, 0.3) is 0 Å². The molecule has 0 aromatic carbocycles. The van der Waals surface area contributed by atoms with E-state index in [9.17, 15) is 0 Å². The number of alkyl halides is 1. The van der Waals surface area contributed by atoms with Crippen molar-refractivity contribution in [2.24, 2.45) is 0 Å². The Hall–Kier alpha value is 0.320. The fourth-order valence-corrected chi connectivity index (χ4v) is 0.428. The average molecular weight is 139 g/mol. The lowest BCUT2D eigenvalue weighted by Crippen LogP contribution is -1.76. The van der Waals surface area contributed by atoms with Crippen LogP contribution in [0.2, 0.25) is 0 Å². The molecule has 7 heavy (non-hydrogen) atoms. The normalized spacial score (nSPS) is 13.7. The Morgan fingerprint density at radius 1 is 1.43 bits per heavy atom. The molecule has 0 aromatic rings. The fraction of sp³-hybridized carbons (Fsp3) is 0.600. The third-order valence-corrected chi connectivity index (χ3v) is 1.51. The summed E-state index contributed by atoms with van der Waals surface area (Å²) in [6.45, 7) is 3.74. The Bertz CT molecular complexity index is 80.1. The second-order valence-electron chi connectivity index (χ2n) is 1.45. The van der Waals surface area contributed by atoms with E-state index in [0.717, 1.165) is 10.6 Å².